The van der Waals surface area contributed by atoms with Crippen molar-refractivity contribution in [1.29, 1.82) is 0 Å². The van der Waals surface area contributed by atoms with E-state index in [0.717, 1.165) is 60.7 Å². The molecule has 344 valence electrons. The van der Waals surface area contributed by atoms with Crippen LogP contribution in [0, 0.1) is 18.5 Å². The van der Waals surface area contributed by atoms with E-state index < -0.39 is 60.4 Å². The SMILES string of the molecule is [2H]c1c([2H])c([2H])c(-c2cccc(-c3c([2H])c([2H])c([2H])c([2H])c3[2H])c2-[n+]2[c-]n(-c3[c-]c(Oc4[c-]c5c(c(-n6c7ccccc7c7ccccc76)c4)c4ccccc4n5-c4cc(C(C)(C)C)ccn4)ccc3)c3ccccc32)c([2H])c1[2H].[Pt]. The maximum atomic E-state index is 9.11. The summed E-state index contributed by atoms with van der Waals surface area (Å²) >= 11 is 0. The number of benzene rings is 9. The largest absolute Gasteiger partial charge is 0.510 e. The van der Waals surface area contributed by atoms with Crippen molar-refractivity contribution < 1.29 is 44.1 Å². The molecular weight excluding hydrogens is 1050 g/mol. The molecule has 0 fully saturated rings. The Kier molecular flexibility index (Phi) is 8.43. The predicted octanol–water partition coefficient (Wildman–Crippen LogP) is 15.3. The molecule has 0 saturated carbocycles. The zero-order chi connectivity index (χ0) is 55.6. The smallest absolute Gasteiger partial charge is 0.268 e. The van der Waals surface area contributed by atoms with E-state index in [1.807, 2.05) is 79.0 Å². The van der Waals surface area contributed by atoms with Gasteiger partial charge in [0, 0.05) is 55.1 Å². The van der Waals surface area contributed by atoms with Crippen molar-refractivity contribution >= 4 is 54.6 Å². The maximum absolute atomic E-state index is 9.11. The van der Waals surface area contributed by atoms with E-state index in [0.29, 0.717) is 28.2 Å². The van der Waals surface area contributed by atoms with Gasteiger partial charge in [-0.05, 0) is 80.3 Å². The van der Waals surface area contributed by atoms with Gasteiger partial charge in [-0.3, -0.25) is 4.57 Å². The van der Waals surface area contributed by atoms with Crippen molar-refractivity contribution in [2.24, 2.45) is 0 Å². The summed E-state index contributed by atoms with van der Waals surface area (Å²) in [5, 5.41) is 4.15. The van der Waals surface area contributed by atoms with Gasteiger partial charge in [0.2, 0.25) is 0 Å². The first-order valence-corrected chi connectivity index (χ1v) is 22.9. The molecule has 0 spiro atoms. The molecule has 0 aliphatic carbocycles. The second-order valence-corrected chi connectivity index (χ2v) is 18.1. The third kappa shape index (κ3) is 7.46. The average Bonchev–Trinajstić information content (AvgIpc) is 4.23. The minimum atomic E-state index is -0.578. The van der Waals surface area contributed by atoms with Gasteiger partial charge in [0.25, 0.3) is 6.33 Å². The molecule has 6 nitrogen and oxygen atoms in total. The number of aromatic nitrogens is 5. The van der Waals surface area contributed by atoms with Crippen molar-refractivity contribution in [2.75, 3.05) is 0 Å². The number of pyridine rings is 1. The molecule has 0 aliphatic heterocycles. The van der Waals surface area contributed by atoms with Crippen LogP contribution in [-0.2, 0) is 26.5 Å². The van der Waals surface area contributed by atoms with Crippen LogP contribution in [0.1, 0.15) is 40.0 Å². The molecule has 4 heterocycles. The quantitative estimate of drug-likeness (QED) is 0.112. The third-order valence-corrected chi connectivity index (χ3v) is 12.9. The second kappa shape index (κ2) is 17.6. The predicted molar refractivity (Wildman–Crippen MR) is 284 cm³/mol. The molecular formula is C64H45N5OPt-2. The molecule has 0 bridgehead atoms. The standard InChI is InChI=1S/C64H45N5O.Pt/c1-64(2,3)45-36-37-65-61(38-45)69-56-33-15-12-28-53(56)62-59(68-54-31-13-10-26-51(54)52-27-11-14-32-55(52)68)40-48(41-60(62)69)70-47-25-18-24-46(39-47)66-42-67(58-35-17-16-34-57(58)66)63-49(43-20-6-4-7-21-43)29-19-30-50(63)44-22-8-5-9-23-44;/h4-38,40H,1-3H3;/q-2;/i4D,5D,6D,7D,8D,9D,20D,21D,22D,23D;. The van der Waals surface area contributed by atoms with Crippen LogP contribution in [0.25, 0.3) is 99.8 Å². The molecule has 4 aromatic heterocycles. The van der Waals surface area contributed by atoms with Crippen LogP contribution in [0.3, 0.4) is 0 Å². The minimum absolute atomic E-state index is 0. The van der Waals surface area contributed by atoms with Gasteiger partial charge in [0.05, 0.1) is 41.5 Å². The van der Waals surface area contributed by atoms with Crippen LogP contribution in [0.4, 0.5) is 0 Å². The van der Waals surface area contributed by atoms with Gasteiger partial charge < -0.3 is 18.4 Å². The number of hydrogen-bond donors (Lipinski definition) is 0. The summed E-state index contributed by atoms with van der Waals surface area (Å²) in [5.41, 5.74) is 7.26. The first-order valence-electron chi connectivity index (χ1n) is 27.9. The Labute approximate surface area is 440 Å². The van der Waals surface area contributed by atoms with E-state index in [2.05, 4.69) is 103 Å². The monoisotopic (exact) mass is 1100 g/mol. The Bertz CT molecular complexity index is 4570. The first-order chi connectivity index (χ1) is 38.5. The van der Waals surface area contributed by atoms with Gasteiger partial charge in [0.1, 0.15) is 5.82 Å². The Hall–Kier alpha value is -8.31. The molecule has 0 atom stereocenters. The number of para-hydroxylation sites is 6. The molecule has 9 aromatic carbocycles. The number of fused-ring (bicyclic) bond motifs is 7. The van der Waals surface area contributed by atoms with Crippen molar-refractivity contribution in [1.82, 2.24) is 18.7 Å². The minimum Gasteiger partial charge on any atom is -0.510 e. The van der Waals surface area contributed by atoms with Crippen LogP contribution in [0.5, 0.6) is 11.5 Å². The van der Waals surface area contributed by atoms with Crippen molar-refractivity contribution in [3.8, 4) is 56.6 Å². The average molecular weight is 1110 g/mol. The number of nitrogens with zero attached hydrogens (tertiary/aromatic N) is 5. The van der Waals surface area contributed by atoms with Gasteiger partial charge >= 0.3 is 0 Å². The number of rotatable bonds is 8. The summed E-state index contributed by atoms with van der Waals surface area (Å²) in [6, 6.07) is 50.6. The Balaban J connectivity index is 0.00000651. The van der Waals surface area contributed by atoms with Gasteiger partial charge in [-0.25, -0.2) is 4.98 Å². The van der Waals surface area contributed by atoms with Crippen LogP contribution in [-0.4, -0.2) is 18.7 Å². The summed E-state index contributed by atoms with van der Waals surface area (Å²) in [6.45, 7) is 6.54. The van der Waals surface area contributed by atoms with Crippen molar-refractivity contribution in [3.05, 3.63) is 242 Å². The Morgan fingerprint density at radius 3 is 1.79 bits per heavy atom. The molecule has 71 heavy (non-hydrogen) atoms. The first kappa shape index (κ1) is 34.1. The van der Waals surface area contributed by atoms with E-state index in [1.54, 1.807) is 33.4 Å². The Morgan fingerprint density at radius 2 is 1.14 bits per heavy atom. The van der Waals surface area contributed by atoms with Crippen molar-refractivity contribution in [2.45, 2.75) is 26.2 Å². The molecule has 13 aromatic rings. The maximum Gasteiger partial charge on any atom is 0.268 e. The topological polar surface area (TPSA) is 40.8 Å². The van der Waals surface area contributed by atoms with Gasteiger partial charge in [-0.15, -0.1) is 24.3 Å². The molecule has 0 saturated heterocycles. The zero-order valence-electron chi connectivity index (χ0n) is 48.5. The molecule has 0 aliphatic rings. The van der Waals surface area contributed by atoms with E-state index in [-0.39, 0.29) is 54.4 Å². The second-order valence-electron chi connectivity index (χ2n) is 18.1. The van der Waals surface area contributed by atoms with E-state index in [9.17, 15) is 0 Å². The summed E-state index contributed by atoms with van der Waals surface area (Å²) in [7, 11) is 0. The summed E-state index contributed by atoms with van der Waals surface area (Å²) in [6.07, 6.45) is 5.30. The molecule has 0 radical (unpaired) electrons. The summed E-state index contributed by atoms with van der Waals surface area (Å²) < 4.78 is 103. The van der Waals surface area contributed by atoms with E-state index in [1.165, 1.54) is 0 Å². The van der Waals surface area contributed by atoms with Crippen LogP contribution < -0.4 is 9.30 Å². The Morgan fingerprint density at radius 1 is 0.563 bits per heavy atom. The van der Waals surface area contributed by atoms with Crippen LogP contribution >= 0.6 is 0 Å². The van der Waals surface area contributed by atoms with E-state index >= 15 is 0 Å². The normalized spacial score (nSPS) is 13.7. The fourth-order valence-electron chi connectivity index (χ4n) is 9.73. The molecule has 0 unspecified atom stereocenters. The van der Waals surface area contributed by atoms with Crippen LogP contribution in [0.15, 0.2) is 218 Å². The van der Waals surface area contributed by atoms with Gasteiger partial charge in [-0.2, -0.15) is 12.1 Å². The molecule has 0 amide bonds. The third-order valence-electron chi connectivity index (χ3n) is 12.9. The van der Waals surface area contributed by atoms with Gasteiger partial charge in [0.15, 0.2) is 0 Å². The molecule has 13 rings (SSSR count). The molecule has 7 heteroatoms. The fraction of sp³-hybridized carbons (Fsp3) is 0.0625. The number of hydrogen-bond acceptors (Lipinski definition) is 2. The zero-order valence-corrected chi connectivity index (χ0v) is 40.7. The fourth-order valence-corrected chi connectivity index (χ4v) is 9.73. The van der Waals surface area contributed by atoms with Crippen LogP contribution in [0.2, 0.25) is 0 Å². The summed E-state index contributed by atoms with van der Waals surface area (Å²) in [5.74, 6) is 1.45. The summed E-state index contributed by atoms with van der Waals surface area (Å²) in [4.78, 5) is 4.98. The molecule has 0 N–H and O–H groups in total. The number of ether oxygens (including phenoxy) is 1. The number of imidazole rings is 1. The van der Waals surface area contributed by atoms with Gasteiger partial charge in [-0.1, -0.05) is 189 Å². The van der Waals surface area contributed by atoms with Crippen molar-refractivity contribution in [3.63, 3.8) is 0 Å². The van der Waals surface area contributed by atoms with E-state index in [4.69, 9.17) is 23.4 Å².